The highest BCUT2D eigenvalue weighted by Gasteiger charge is 2.05. The third kappa shape index (κ3) is 4.00. The van der Waals surface area contributed by atoms with E-state index in [0.717, 1.165) is 22.6 Å². The molecule has 2 aromatic heterocycles. The van der Waals surface area contributed by atoms with Crippen LogP contribution in [0.4, 0.5) is 4.39 Å². The fraction of sp³-hybridized carbons (Fsp3) is 0.105. The van der Waals surface area contributed by atoms with Crippen LogP contribution in [0.5, 0.6) is 5.75 Å². The first-order valence-electron chi connectivity index (χ1n) is 8.03. The first-order valence-corrected chi connectivity index (χ1v) is 9.01. The van der Waals surface area contributed by atoms with Gasteiger partial charge in [0.25, 0.3) is 5.78 Å². The van der Waals surface area contributed by atoms with Crippen LogP contribution >= 0.6 is 11.8 Å². The summed E-state index contributed by atoms with van der Waals surface area (Å²) in [5.74, 6) is 1.89. The molecule has 0 unspecified atom stereocenters. The van der Waals surface area contributed by atoms with E-state index in [1.165, 1.54) is 12.1 Å². The number of hydrogen-bond acceptors (Lipinski definition) is 5. The maximum atomic E-state index is 12.9. The number of fused-ring (bicyclic) bond motifs is 1. The largest absolute Gasteiger partial charge is 0.489 e. The Labute approximate surface area is 153 Å². The van der Waals surface area contributed by atoms with E-state index in [1.807, 2.05) is 36.5 Å². The molecule has 0 saturated heterocycles. The summed E-state index contributed by atoms with van der Waals surface area (Å²) in [6.07, 6.45) is 3.52. The molecular formula is C19H15FN4OS. The Hall–Kier alpha value is -2.93. The Morgan fingerprint density at radius 1 is 1.00 bits per heavy atom. The van der Waals surface area contributed by atoms with Gasteiger partial charge in [0, 0.05) is 18.1 Å². The van der Waals surface area contributed by atoms with E-state index in [-0.39, 0.29) is 5.82 Å². The van der Waals surface area contributed by atoms with Crippen molar-refractivity contribution in [3.05, 3.63) is 83.9 Å². The lowest BCUT2D eigenvalue weighted by Crippen LogP contribution is -1.95. The lowest BCUT2D eigenvalue weighted by Gasteiger charge is -2.07. The zero-order valence-corrected chi connectivity index (χ0v) is 14.6. The monoisotopic (exact) mass is 366 g/mol. The van der Waals surface area contributed by atoms with Crippen LogP contribution in [0.15, 0.2) is 72.1 Å². The van der Waals surface area contributed by atoms with E-state index >= 15 is 0 Å². The second kappa shape index (κ2) is 7.53. The zero-order chi connectivity index (χ0) is 17.8. The van der Waals surface area contributed by atoms with Gasteiger partial charge in [-0.2, -0.15) is 4.98 Å². The van der Waals surface area contributed by atoms with Gasteiger partial charge in [0.2, 0.25) is 5.16 Å². The van der Waals surface area contributed by atoms with Crippen molar-refractivity contribution < 1.29 is 9.13 Å². The third-order valence-electron chi connectivity index (χ3n) is 3.71. The number of aromatic nitrogens is 4. The lowest BCUT2D eigenvalue weighted by atomic mass is 10.2. The lowest BCUT2D eigenvalue weighted by molar-refractivity contribution is 0.306. The maximum absolute atomic E-state index is 12.9. The fourth-order valence-corrected chi connectivity index (χ4v) is 3.13. The van der Waals surface area contributed by atoms with Crippen molar-refractivity contribution in [3.63, 3.8) is 0 Å². The van der Waals surface area contributed by atoms with E-state index in [4.69, 9.17) is 4.74 Å². The van der Waals surface area contributed by atoms with Crippen molar-refractivity contribution in [2.24, 2.45) is 0 Å². The SMILES string of the molecule is Fc1ccc(COc2ccc(CSc3nc4ncccn4n3)cc2)cc1. The van der Waals surface area contributed by atoms with Gasteiger partial charge in [-0.1, -0.05) is 36.0 Å². The van der Waals surface area contributed by atoms with Gasteiger partial charge in [-0.25, -0.2) is 13.9 Å². The molecule has 0 N–H and O–H groups in total. The predicted molar refractivity (Wildman–Crippen MR) is 97.5 cm³/mol. The van der Waals surface area contributed by atoms with E-state index in [1.54, 1.807) is 34.6 Å². The molecule has 0 bridgehead atoms. The minimum atomic E-state index is -0.244. The summed E-state index contributed by atoms with van der Waals surface area (Å²) in [5.41, 5.74) is 2.08. The molecule has 7 heteroatoms. The topological polar surface area (TPSA) is 52.3 Å². The number of nitrogens with zero attached hydrogens (tertiary/aromatic N) is 4. The second-order valence-electron chi connectivity index (χ2n) is 5.61. The maximum Gasteiger partial charge on any atom is 0.253 e. The van der Waals surface area contributed by atoms with Crippen molar-refractivity contribution in [1.82, 2.24) is 19.6 Å². The Balaban J connectivity index is 1.33. The van der Waals surface area contributed by atoms with Crippen LogP contribution in [0.25, 0.3) is 5.78 Å². The van der Waals surface area contributed by atoms with E-state index in [0.29, 0.717) is 17.5 Å². The quantitative estimate of drug-likeness (QED) is 0.480. The number of hydrogen-bond donors (Lipinski definition) is 0. The predicted octanol–water partition coefficient (Wildman–Crippen LogP) is 4.13. The van der Waals surface area contributed by atoms with Gasteiger partial charge >= 0.3 is 0 Å². The molecule has 0 aliphatic heterocycles. The first-order chi connectivity index (χ1) is 12.8. The van der Waals surface area contributed by atoms with Crippen LogP contribution in [0.2, 0.25) is 0 Å². The Kier molecular flexibility index (Phi) is 4.79. The van der Waals surface area contributed by atoms with Gasteiger partial charge < -0.3 is 4.74 Å². The number of halogens is 1. The molecule has 0 spiro atoms. The molecule has 0 aliphatic carbocycles. The molecule has 0 atom stereocenters. The van der Waals surface area contributed by atoms with Crippen molar-refractivity contribution in [2.75, 3.05) is 0 Å². The average molecular weight is 366 g/mol. The van der Waals surface area contributed by atoms with Crippen LogP contribution in [0.3, 0.4) is 0 Å². The highest BCUT2D eigenvalue weighted by atomic mass is 32.2. The third-order valence-corrected chi connectivity index (χ3v) is 4.62. The molecular weight excluding hydrogens is 351 g/mol. The van der Waals surface area contributed by atoms with Crippen LogP contribution in [0.1, 0.15) is 11.1 Å². The molecule has 0 amide bonds. The highest BCUT2D eigenvalue weighted by molar-refractivity contribution is 7.98. The summed E-state index contributed by atoms with van der Waals surface area (Å²) < 4.78 is 20.3. The van der Waals surface area contributed by atoms with Crippen LogP contribution < -0.4 is 4.74 Å². The minimum Gasteiger partial charge on any atom is -0.489 e. The smallest absolute Gasteiger partial charge is 0.253 e. The second-order valence-corrected chi connectivity index (χ2v) is 6.55. The van der Waals surface area contributed by atoms with Crippen LogP contribution in [-0.4, -0.2) is 19.6 Å². The summed E-state index contributed by atoms with van der Waals surface area (Å²) in [7, 11) is 0. The molecule has 0 aliphatic rings. The summed E-state index contributed by atoms with van der Waals surface area (Å²) in [6, 6.07) is 16.0. The summed E-state index contributed by atoms with van der Waals surface area (Å²) in [5, 5.41) is 5.06. The van der Waals surface area contributed by atoms with Gasteiger partial charge in [0.05, 0.1) is 0 Å². The Morgan fingerprint density at radius 2 is 1.77 bits per heavy atom. The van der Waals surface area contributed by atoms with Gasteiger partial charge in [0.1, 0.15) is 18.2 Å². The van der Waals surface area contributed by atoms with E-state index < -0.39 is 0 Å². The van der Waals surface area contributed by atoms with Crippen molar-refractivity contribution in [1.29, 1.82) is 0 Å². The standard InChI is InChI=1S/C19H15FN4OS/c20-16-6-2-14(3-7-16)12-25-17-8-4-15(5-9-17)13-26-19-22-18-21-10-1-11-24(18)23-19/h1-11H,12-13H2. The molecule has 0 fully saturated rings. The number of benzene rings is 2. The molecule has 0 saturated carbocycles. The van der Waals surface area contributed by atoms with Crippen LogP contribution in [0, 0.1) is 5.82 Å². The summed E-state index contributed by atoms with van der Waals surface area (Å²) >= 11 is 1.56. The van der Waals surface area contributed by atoms with Crippen molar-refractivity contribution in [3.8, 4) is 5.75 Å². The van der Waals surface area contributed by atoms with Crippen molar-refractivity contribution >= 4 is 17.5 Å². The molecule has 4 aromatic rings. The van der Waals surface area contributed by atoms with Crippen molar-refractivity contribution in [2.45, 2.75) is 17.5 Å². The number of ether oxygens (including phenoxy) is 1. The van der Waals surface area contributed by atoms with Gasteiger partial charge in [-0.05, 0) is 41.5 Å². The number of rotatable bonds is 6. The molecule has 5 nitrogen and oxygen atoms in total. The average Bonchev–Trinajstić information content (AvgIpc) is 3.10. The van der Waals surface area contributed by atoms with Gasteiger partial charge in [0.15, 0.2) is 0 Å². The fourth-order valence-electron chi connectivity index (χ4n) is 2.35. The number of thioether (sulfide) groups is 1. The first kappa shape index (κ1) is 16.5. The molecule has 26 heavy (non-hydrogen) atoms. The minimum absolute atomic E-state index is 0.244. The van der Waals surface area contributed by atoms with Gasteiger partial charge in [-0.3, -0.25) is 0 Å². The normalized spacial score (nSPS) is 11.0. The zero-order valence-electron chi connectivity index (χ0n) is 13.7. The molecule has 130 valence electrons. The summed E-state index contributed by atoms with van der Waals surface area (Å²) in [4.78, 5) is 8.52. The Morgan fingerprint density at radius 3 is 2.54 bits per heavy atom. The molecule has 4 rings (SSSR count). The molecule has 2 aromatic carbocycles. The molecule has 2 heterocycles. The van der Waals surface area contributed by atoms with E-state index in [9.17, 15) is 4.39 Å². The summed E-state index contributed by atoms with van der Waals surface area (Å²) in [6.45, 7) is 0.409. The molecule has 0 radical (unpaired) electrons. The van der Waals surface area contributed by atoms with E-state index in [2.05, 4.69) is 15.1 Å². The van der Waals surface area contributed by atoms with Crippen LogP contribution in [-0.2, 0) is 12.4 Å². The highest BCUT2D eigenvalue weighted by Crippen LogP contribution is 2.22. The van der Waals surface area contributed by atoms with Gasteiger partial charge in [-0.15, -0.1) is 5.10 Å². The Bertz CT molecular complexity index is 969.